The summed E-state index contributed by atoms with van der Waals surface area (Å²) in [5, 5.41) is 9.30. The normalized spacial score (nSPS) is 33.5. The second-order valence-corrected chi connectivity index (χ2v) is 9.23. The molecule has 3 atom stereocenters. The van der Waals surface area contributed by atoms with Crippen molar-refractivity contribution in [1.82, 2.24) is 16.0 Å². The highest BCUT2D eigenvalue weighted by Gasteiger charge is 2.31. The van der Waals surface area contributed by atoms with Gasteiger partial charge in [-0.3, -0.25) is 0 Å². The number of rotatable bonds is 5. The van der Waals surface area contributed by atoms with Crippen LogP contribution in [0.25, 0.3) is 0 Å². The highest BCUT2D eigenvalue weighted by molar-refractivity contribution is 5.74. The summed E-state index contributed by atoms with van der Waals surface area (Å²) in [6.45, 7) is 2.16. The van der Waals surface area contributed by atoms with Crippen molar-refractivity contribution in [2.45, 2.75) is 114 Å². The van der Waals surface area contributed by atoms with E-state index in [1.807, 2.05) is 0 Å². The molecule has 0 aromatic heterocycles. The number of urea groups is 1. The number of carbonyl (C=O) groups excluding carboxylic acids is 2. The number of nitrogens with one attached hydrogen (secondary N) is 3. The fourth-order valence-corrected chi connectivity index (χ4v) is 5.03. The Morgan fingerprint density at radius 1 is 0.759 bits per heavy atom. The van der Waals surface area contributed by atoms with Gasteiger partial charge >= 0.3 is 12.1 Å². The van der Waals surface area contributed by atoms with Crippen LogP contribution in [0.2, 0.25) is 0 Å². The van der Waals surface area contributed by atoms with Gasteiger partial charge in [0, 0.05) is 25.2 Å². The average molecular weight is 410 g/mol. The van der Waals surface area contributed by atoms with Crippen molar-refractivity contribution in [1.29, 1.82) is 0 Å². The molecule has 3 aliphatic rings. The molecule has 3 rings (SSSR count). The van der Waals surface area contributed by atoms with Gasteiger partial charge in [0.2, 0.25) is 0 Å². The van der Waals surface area contributed by atoms with Gasteiger partial charge in [0.05, 0.1) is 6.10 Å². The summed E-state index contributed by atoms with van der Waals surface area (Å²) in [6.07, 6.45) is 12.2. The monoisotopic (exact) mass is 409 g/mol. The maximum Gasteiger partial charge on any atom is 0.407 e. The molecule has 0 aliphatic heterocycles. The molecule has 3 unspecified atom stereocenters. The minimum atomic E-state index is -0.297. The third-order valence-electron chi connectivity index (χ3n) is 7.00. The maximum atomic E-state index is 12.4. The molecule has 166 valence electrons. The van der Waals surface area contributed by atoms with Crippen LogP contribution in [0.1, 0.15) is 84.0 Å². The molecule has 0 spiro atoms. The van der Waals surface area contributed by atoms with Crippen molar-refractivity contribution >= 4 is 12.1 Å². The van der Waals surface area contributed by atoms with E-state index in [9.17, 15) is 9.59 Å². The first-order valence-electron chi connectivity index (χ1n) is 11.6. The van der Waals surface area contributed by atoms with Gasteiger partial charge in [-0.1, -0.05) is 13.3 Å². The van der Waals surface area contributed by atoms with E-state index in [1.165, 1.54) is 6.42 Å². The third kappa shape index (κ3) is 7.05. The van der Waals surface area contributed by atoms with Crippen molar-refractivity contribution in [3.05, 3.63) is 0 Å². The largest absolute Gasteiger partial charge is 0.446 e. The molecule has 0 heterocycles. The van der Waals surface area contributed by atoms with Crippen LogP contribution in [0.3, 0.4) is 0 Å². The van der Waals surface area contributed by atoms with Crippen LogP contribution in [0.15, 0.2) is 0 Å². The second kappa shape index (κ2) is 11.0. The van der Waals surface area contributed by atoms with Gasteiger partial charge in [0.25, 0.3) is 0 Å². The first kappa shape index (κ1) is 22.2. The lowest BCUT2D eigenvalue weighted by Crippen LogP contribution is -2.53. The molecule has 0 saturated heterocycles. The molecular weight excluding hydrogens is 370 g/mol. The molecule has 0 aromatic rings. The molecule has 3 N–H and O–H groups in total. The highest BCUT2D eigenvalue weighted by Crippen LogP contribution is 2.26. The van der Waals surface area contributed by atoms with Crippen LogP contribution in [-0.4, -0.2) is 49.6 Å². The Bertz CT molecular complexity index is 530. The van der Waals surface area contributed by atoms with E-state index in [0.717, 1.165) is 70.6 Å². The van der Waals surface area contributed by atoms with Crippen LogP contribution in [0.4, 0.5) is 9.59 Å². The van der Waals surface area contributed by atoms with Gasteiger partial charge < -0.3 is 25.4 Å². The lowest BCUT2D eigenvalue weighted by atomic mass is 9.83. The van der Waals surface area contributed by atoms with E-state index in [4.69, 9.17) is 9.47 Å². The molecule has 29 heavy (non-hydrogen) atoms. The van der Waals surface area contributed by atoms with E-state index in [0.29, 0.717) is 12.0 Å². The first-order valence-corrected chi connectivity index (χ1v) is 11.6. The first-order chi connectivity index (χ1) is 14.0. The number of ether oxygens (including phenoxy) is 2. The third-order valence-corrected chi connectivity index (χ3v) is 7.00. The van der Waals surface area contributed by atoms with Gasteiger partial charge in [0.1, 0.15) is 6.10 Å². The molecule has 7 nitrogen and oxygen atoms in total. The fourth-order valence-electron chi connectivity index (χ4n) is 5.03. The molecule has 3 amide bonds. The second-order valence-electron chi connectivity index (χ2n) is 9.23. The van der Waals surface area contributed by atoms with Crippen molar-refractivity contribution in [2.24, 2.45) is 5.92 Å². The van der Waals surface area contributed by atoms with Gasteiger partial charge in [0.15, 0.2) is 0 Å². The average Bonchev–Trinajstić information content (AvgIpc) is 2.72. The van der Waals surface area contributed by atoms with E-state index in [1.54, 1.807) is 7.11 Å². The summed E-state index contributed by atoms with van der Waals surface area (Å²) in [5.41, 5.74) is 0. The summed E-state index contributed by atoms with van der Waals surface area (Å²) in [6, 6.07) is 0.265. The quantitative estimate of drug-likeness (QED) is 0.643. The summed E-state index contributed by atoms with van der Waals surface area (Å²) in [4.78, 5) is 24.8. The number of hydrogen-bond acceptors (Lipinski definition) is 4. The zero-order chi connectivity index (χ0) is 20.6. The Morgan fingerprint density at radius 3 is 2.10 bits per heavy atom. The zero-order valence-electron chi connectivity index (χ0n) is 18.1. The maximum absolute atomic E-state index is 12.4. The predicted octanol–water partition coefficient (Wildman–Crippen LogP) is 3.86. The predicted molar refractivity (Wildman–Crippen MR) is 112 cm³/mol. The zero-order valence-corrected chi connectivity index (χ0v) is 18.1. The summed E-state index contributed by atoms with van der Waals surface area (Å²) in [7, 11) is 1.75. The number of hydrogen-bond donors (Lipinski definition) is 3. The Kier molecular flexibility index (Phi) is 8.45. The number of carbonyl (C=O) groups is 2. The van der Waals surface area contributed by atoms with Crippen molar-refractivity contribution in [2.75, 3.05) is 7.11 Å². The van der Waals surface area contributed by atoms with Crippen molar-refractivity contribution in [3.8, 4) is 0 Å². The Labute approximate surface area is 175 Å². The van der Waals surface area contributed by atoms with Crippen LogP contribution in [-0.2, 0) is 9.47 Å². The molecule has 0 bridgehead atoms. The van der Waals surface area contributed by atoms with E-state index >= 15 is 0 Å². The molecule has 3 saturated carbocycles. The van der Waals surface area contributed by atoms with Crippen LogP contribution < -0.4 is 16.0 Å². The summed E-state index contributed by atoms with van der Waals surface area (Å²) >= 11 is 0. The standard InChI is InChI=1S/C22H39N3O4/c1-15-8-9-17(24-21(26)23-16-10-12-18(28-2)13-11-16)14-20(15)25-22(27)29-19-6-4-3-5-7-19/h15-20H,3-14H2,1-2H3,(H,25,27)(H2,23,24,26). The Balaban J connectivity index is 1.39. The van der Waals surface area contributed by atoms with Gasteiger partial charge in [-0.15, -0.1) is 0 Å². The Hall–Kier alpha value is -1.50. The molecular formula is C22H39N3O4. The lowest BCUT2D eigenvalue weighted by Gasteiger charge is -2.36. The minimum absolute atomic E-state index is 0.0438. The van der Waals surface area contributed by atoms with Gasteiger partial charge in [-0.25, -0.2) is 9.59 Å². The van der Waals surface area contributed by atoms with Gasteiger partial charge in [-0.05, 0) is 76.5 Å². The molecule has 3 fully saturated rings. The number of alkyl carbamates (subject to hydrolysis) is 1. The van der Waals surface area contributed by atoms with E-state index in [2.05, 4.69) is 22.9 Å². The summed E-state index contributed by atoms with van der Waals surface area (Å²) < 4.78 is 11.0. The molecule has 0 radical (unpaired) electrons. The number of amides is 3. The molecule has 7 heteroatoms. The highest BCUT2D eigenvalue weighted by atomic mass is 16.6. The number of methoxy groups -OCH3 is 1. The summed E-state index contributed by atoms with van der Waals surface area (Å²) in [5.74, 6) is 0.388. The van der Waals surface area contributed by atoms with Crippen LogP contribution in [0.5, 0.6) is 0 Å². The lowest BCUT2D eigenvalue weighted by molar-refractivity contribution is 0.0632. The van der Waals surface area contributed by atoms with Crippen LogP contribution >= 0.6 is 0 Å². The van der Waals surface area contributed by atoms with E-state index in [-0.39, 0.29) is 36.4 Å². The molecule has 0 aromatic carbocycles. The smallest absolute Gasteiger partial charge is 0.407 e. The van der Waals surface area contributed by atoms with Crippen molar-refractivity contribution in [3.63, 3.8) is 0 Å². The fraction of sp³-hybridized carbons (Fsp3) is 0.909. The SMILES string of the molecule is COC1CCC(NC(=O)NC2CCC(C)C(NC(=O)OC3CCCCC3)C2)CC1. The van der Waals surface area contributed by atoms with Crippen LogP contribution in [0, 0.1) is 5.92 Å². The topological polar surface area (TPSA) is 88.7 Å². The Morgan fingerprint density at radius 2 is 1.41 bits per heavy atom. The van der Waals surface area contributed by atoms with Crippen molar-refractivity contribution < 1.29 is 19.1 Å². The van der Waals surface area contributed by atoms with E-state index < -0.39 is 0 Å². The van der Waals surface area contributed by atoms with Gasteiger partial charge in [-0.2, -0.15) is 0 Å². The minimum Gasteiger partial charge on any atom is -0.446 e. The molecule has 3 aliphatic carbocycles.